The molecular weight excluding hydrogens is 313 g/mol. The zero-order valence-corrected chi connectivity index (χ0v) is 12.1. The molecule has 0 saturated heterocycles. The second kappa shape index (κ2) is 6.73. The Bertz CT molecular complexity index is 516. The fraction of sp³-hybridized carbons (Fsp3) is 0.286. The highest BCUT2D eigenvalue weighted by atomic mass is 79.9. The molecule has 0 fully saturated rings. The van der Waals surface area contributed by atoms with Crippen molar-refractivity contribution < 1.29 is 13.5 Å². The van der Waals surface area contributed by atoms with E-state index in [0.717, 1.165) is 10.2 Å². The first-order valence-corrected chi connectivity index (χ1v) is 6.79. The molecule has 1 atom stereocenters. The van der Waals surface area contributed by atoms with Crippen LogP contribution in [0.3, 0.4) is 0 Å². The van der Waals surface area contributed by atoms with E-state index in [1.807, 2.05) is 19.1 Å². The van der Waals surface area contributed by atoms with E-state index in [-0.39, 0.29) is 17.7 Å². The maximum absolute atomic E-state index is 13.5. The van der Waals surface area contributed by atoms with Crippen LogP contribution in [-0.2, 0) is 6.54 Å². The predicted octanol–water partition coefficient (Wildman–Crippen LogP) is 3.74. The molecular formula is C14H15BrFNO2. The third kappa shape index (κ3) is 4.36. The summed E-state index contributed by atoms with van der Waals surface area (Å²) in [4.78, 5) is 0. The molecule has 0 aliphatic carbocycles. The lowest BCUT2D eigenvalue weighted by molar-refractivity contribution is 0.206. The van der Waals surface area contributed by atoms with Crippen LogP contribution in [0.15, 0.2) is 45.5 Å². The van der Waals surface area contributed by atoms with Gasteiger partial charge in [0.2, 0.25) is 0 Å². The van der Waals surface area contributed by atoms with Crippen molar-refractivity contribution in [3.05, 3.63) is 52.6 Å². The van der Waals surface area contributed by atoms with Gasteiger partial charge >= 0.3 is 0 Å². The molecule has 1 aromatic carbocycles. The van der Waals surface area contributed by atoms with Gasteiger partial charge in [-0.25, -0.2) is 4.39 Å². The first-order chi connectivity index (χ1) is 9.15. The molecule has 3 nitrogen and oxygen atoms in total. The zero-order valence-electron chi connectivity index (χ0n) is 10.5. The normalized spacial score (nSPS) is 12.4. The predicted molar refractivity (Wildman–Crippen MR) is 74.6 cm³/mol. The number of halogens is 2. The molecule has 102 valence electrons. The molecule has 1 N–H and O–H groups in total. The molecule has 0 saturated carbocycles. The first kappa shape index (κ1) is 14.1. The van der Waals surface area contributed by atoms with Gasteiger partial charge in [-0.2, -0.15) is 0 Å². The molecule has 0 radical (unpaired) electrons. The molecule has 2 rings (SSSR count). The topological polar surface area (TPSA) is 34.4 Å². The van der Waals surface area contributed by atoms with Crippen LogP contribution in [0.5, 0.6) is 5.75 Å². The molecule has 0 spiro atoms. The van der Waals surface area contributed by atoms with Crippen LogP contribution < -0.4 is 10.1 Å². The lowest BCUT2D eigenvalue weighted by Gasteiger charge is -2.15. The van der Waals surface area contributed by atoms with Gasteiger partial charge in [0.05, 0.1) is 12.8 Å². The lowest BCUT2D eigenvalue weighted by Crippen LogP contribution is -2.28. The van der Waals surface area contributed by atoms with Crippen molar-refractivity contribution in [3.8, 4) is 5.75 Å². The summed E-state index contributed by atoms with van der Waals surface area (Å²) in [5.41, 5.74) is 0. The second-order valence-corrected chi connectivity index (χ2v) is 5.13. The Morgan fingerprint density at radius 1 is 1.42 bits per heavy atom. The van der Waals surface area contributed by atoms with E-state index < -0.39 is 0 Å². The van der Waals surface area contributed by atoms with Gasteiger partial charge in [0.1, 0.15) is 11.9 Å². The van der Waals surface area contributed by atoms with Gasteiger partial charge in [0.15, 0.2) is 11.6 Å². The van der Waals surface area contributed by atoms with E-state index in [9.17, 15) is 4.39 Å². The van der Waals surface area contributed by atoms with E-state index in [4.69, 9.17) is 9.15 Å². The van der Waals surface area contributed by atoms with Crippen molar-refractivity contribution in [2.45, 2.75) is 19.6 Å². The Kier molecular flexibility index (Phi) is 4.99. The highest BCUT2D eigenvalue weighted by molar-refractivity contribution is 9.10. The number of rotatable bonds is 6. The smallest absolute Gasteiger partial charge is 0.165 e. The quantitative estimate of drug-likeness (QED) is 0.877. The largest absolute Gasteiger partial charge is 0.486 e. The summed E-state index contributed by atoms with van der Waals surface area (Å²) >= 11 is 3.29. The van der Waals surface area contributed by atoms with Gasteiger partial charge in [0, 0.05) is 11.0 Å². The van der Waals surface area contributed by atoms with Crippen molar-refractivity contribution >= 4 is 15.9 Å². The minimum atomic E-state index is -0.360. The van der Waals surface area contributed by atoms with Gasteiger partial charge < -0.3 is 14.5 Å². The van der Waals surface area contributed by atoms with Gasteiger partial charge in [-0.15, -0.1) is 0 Å². The number of hydrogen-bond acceptors (Lipinski definition) is 3. The first-order valence-electron chi connectivity index (χ1n) is 6.00. The Morgan fingerprint density at radius 2 is 2.26 bits per heavy atom. The van der Waals surface area contributed by atoms with E-state index in [1.54, 1.807) is 18.4 Å². The molecule has 0 amide bonds. The van der Waals surface area contributed by atoms with Crippen LogP contribution in [0, 0.1) is 5.82 Å². The molecule has 0 bridgehead atoms. The molecule has 0 aliphatic heterocycles. The average molecular weight is 328 g/mol. The van der Waals surface area contributed by atoms with Gasteiger partial charge in [-0.05, 0) is 37.3 Å². The number of ether oxygens (including phenoxy) is 1. The fourth-order valence-corrected chi connectivity index (χ4v) is 1.98. The zero-order chi connectivity index (χ0) is 13.7. The number of hydrogen-bond donors (Lipinski definition) is 1. The summed E-state index contributed by atoms with van der Waals surface area (Å²) in [5.74, 6) is 0.753. The van der Waals surface area contributed by atoms with E-state index >= 15 is 0 Å². The van der Waals surface area contributed by atoms with Crippen molar-refractivity contribution in [1.29, 1.82) is 0 Å². The molecule has 2 aromatic rings. The Hall–Kier alpha value is -1.33. The summed E-state index contributed by atoms with van der Waals surface area (Å²) < 4.78 is 25.0. The summed E-state index contributed by atoms with van der Waals surface area (Å²) in [5, 5.41) is 3.19. The molecule has 1 heterocycles. The standard InChI is InChI=1S/C14H15BrFNO2/c1-10(8-17-9-12-3-2-6-18-12)19-14-7-11(15)4-5-13(14)16/h2-7,10,17H,8-9H2,1H3. The monoisotopic (exact) mass is 327 g/mol. The third-order valence-electron chi connectivity index (χ3n) is 2.53. The van der Waals surface area contributed by atoms with E-state index in [0.29, 0.717) is 13.1 Å². The second-order valence-electron chi connectivity index (χ2n) is 4.21. The molecule has 1 aromatic heterocycles. The minimum absolute atomic E-state index is 0.140. The Balaban J connectivity index is 1.80. The fourth-order valence-electron chi connectivity index (χ4n) is 1.64. The van der Waals surface area contributed by atoms with Gasteiger partial charge in [-0.3, -0.25) is 0 Å². The summed E-state index contributed by atoms with van der Waals surface area (Å²) in [7, 11) is 0. The molecule has 19 heavy (non-hydrogen) atoms. The molecule has 0 aliphatic rings. The van der Waals surface area contributed by atoms with Crippen molar-refractivity contribution in [2.24, 2.45) is 0 Å². The molecule has 5 heteroatoms. The van der Waals surface area contributed by atoms with Gasteiger partial charge in [0.25, 0.3) is 0 Å². The van der Waals surface area contributed by atoms with Crippen LogP contribution in [0.2, 0.25) is 0 Å². The summed E-state index contributed by atoms with van der Waals surface area (Å²) in [6.45, 7) is 3.11. The minimum Gasteiger partial charge on any atom is -0.486 e. The average Bonchev–Trinajstić information content (AvgIpc) is 2.87. The van der Waals surface area contributed by atoms with Crippen LogP contribution in [0.1, 0.15) is 12.7 Å². The molecule has 1 unspecified atom stereocenters. The lowest BCUT2D eigenvalue weighted by atomic mass is 10.3. The highest BCUT2D eigenvalue weighted by Gasteiger charge is 2.09. The maximum Gasteiger partial charge on any atom is 0.165 e. The van der Waals surface area contributed by atoms with Crippen molar-refractivity contribution in [3.63, 3.8) is 0 Å². The number of nitrogens with one attached hydrogen (secondary N) is 1. The summed E-state index contributed by atoms with van der Waals surface area (Å²) in [6, 6.07) is 8.38. The maximum atomic E-state index is 13.5. The van der Waals surface area contributed by atoms with Crippen LogP contribution in [0.25, 0.3) is 0 Å². The number of furan rings is 1. The van der Waals surface area contributed by atoms with Gasteiger partial charge in [-0.1, -0.05) is 15.9 Å². The Labute approximate surface area is 119 Å². The van der Waals surface area contributed by atoms with Crippen LogP contribution in [0.4, 0.5) is 4.39 Å². The van der Waals surface area contributed by atoms with E-state index in [2.05, 4.69) is 21.2 Å². The summed E-state index contributed by atoms with van der Waals surface area (Å²) in [6.07, 6.45) is 1.49. The van der Waals surface area contributed by atoms with Crippen molar-refractivity contribution in [2.75, 3.05) is 6.54 Å². The number of benzene rings is 1. The highest BCUT2D eigenvalue weighted by Crippen LogP contribution is 2.23. The van der Waals surface area contributed by atoms with E-state index in [1.165, 1.54) is 6.07 Å². The Morgan fingerprint density at radius 3 is 3.00 bits per heavy atom. The third-order valence-corrected chi connectivity index (χ3v) is 3.03. The SMILES string of the molecule is CC(CNCc1ccco1)Oc1cc(Br)ccc1F. The van der Waals surface area contributed by atoms with Crippen molar-refractivity contribution in [1.82, 2.24) is 5.32 Å². The van der Waals surface area contributed by atoms with Crippen LogP contribution in [-0.4, -0.2) is 12.6 Å². The van der Waals surface area contributed by atoms with Crippen LogP contribution >= 0.6 is 15.9 Å².